The average molecular weight is 200 g/mol. The van der Waals surface area contributed by atoms with Gasteiger partial charge in [0.1, 0.15) is 0 Å². The Kier molecular flexibility index (Phi) is 5.90. The Morgan fingerprint density at radius 2 is 1.89 bits per heavy atom. The van der Waals surface area contributed by atoms with E-state index >= 15 is 0 Å². The molecule has 0 fully saturated rings. The molecule has 56 valence electrons. The van der Waals surface area contributed by atoms with E-state index in [-0.39, 0.29) is 3.41 Å². The zero-order chi connectivity index (χ0) is 7.33. The standard InChI is InChI=1S/C5H12S4/c1-2-9-4-3-5(6,7)8/h6-8H,2-4H2,1H3. The van der Waals surface area contributed by atoms with Gasteiger partial charge in [0.15, 0.2) is 0 Å². The third-order valence-corrected chi connectivity index (χ3v) is 2.36. The van der Waals surface area contributed by atoms with Gasteiger partial charge in [-0.3, -0.25) is 0 Å². The summed E-state index contributed by atoms with van der Waals surface area (Å²) in [5.74, 6) is 2.25. The lowest BCUT2D eigenvalue weighted by Gasteiger charge is -2.13. The SMILES string of the molecule is CCSCCC(S)(S)S. The van der Waals surface area contributed by atoms with Gasteiger partial charge in [-0.05, 0) is 17.9 Å². The molecule has 0 saturated heterocycles. The van der Waals surface area contributed by atoms with Gasteiger partial charge in [-0.15, -0.1) is 0 Å². The van der Waals surface area contributed by atoms with Crippen LogP contribution in [0.25, 0.3) is 0 Å². The molecule has 0 spiro atoms. The summed E-state index contributed by atoms with van der Waals surface area (Å²) in [4.78, 5) is 0. The molecule has 9 heavy (non-hydrogen) atoms. The van der Waals surface area contributed by atoms with Gasteiger partial charge in [-0.1, -0.05) is 6.92 Å². The summed E-state index contributed by atoms with van der Waals surface area (Å²) in [6.45, 7) is 2.14. The van der Waals surface area contributed by atoms with Gasteiger partial charge in [0.25, 0.3) is 0 Å². The number of hydrogen-bond donors (Lipinski definition) is 3. The van der Waals surface area contributed by atoms with Crippen LogP contribution < -0.4 is 0 Å². The van der Waals surface area contributed by atoms with Gasteiger partial charge >= 0.3 is 0 Å². The van der Waals surface area contributed by atoms with E-state index in [1.54, 1.807) is 0 Å². The zero-order valence-corrected chi connectivity index (χ0v) is 8.87. The van der Waals surface area contributed by atoms with Crippen molar-refractivity contribution >= 4 is 49.6 Å². The molecular weight excluding hydrogens is 188 g/mol. The lowest BCUT2D eigenvalue weighted by Crippen LogP contribution is -2.03. The zero-order valence-electron chi connectivity index (χ0n) is 5.37. The topological polar surface area (TPSA) is 0 Å². The van der Waals surface area contributed by atoms with Crippen LogP contribution in [0.5, 0.6) is 0 Å². The summed E-state index contributed by atoms with van der Waals surface area (Å²) >= 11 is 14.3. The summed E-state index contributed by atoms with van der Waals surface area (Å²) < 4.78 is -0.387. The number of thiol groups is 3. The summed E-state index contributed by atoms with van der Waals surface area (Å²) in [6.07, 6.45) is 0.931. The van der Waals surface area contributed by atoms with E-state index in [0.29, 0.717) is 0 Å². The van der Waals surface area contributed by atoms with E-state index < -0.39 is 0 Å². The van der Waals surface area contributed by atoms with Crippen LogP contribution in [0, 0.1) is 0 Å². The number of hydrogen-bond acceptors (Lipinski definition) is 4. The summed E-state index contributed by atoms with van der Waals surface area (Å²) in [5, 5.41) is 0. The van der Waals surface area contributed by atoms with E-state index in [1.165, 1.54) is 0 Å². The Morgan fingerprint density at radius 3 is 2.22 bits per heavy atom. The Labute approximate surface area is 77.8 Å². The highest BCUT2D eigenvalue weighted by Crippen LogP contribution is 2.29. The molecule has 0 bridgehead atoms. The molecule has 0 saturated carbocycles. The maximum absolute atomic E-state index is 4.14. The highest BCUT2D eigenvalue weighted by atomic mass is 32.2. The van der Waals surface area contributed by atoms with Crippen LogP contribution in [0.15, 0.2) is 0 Å². The van der Waals surface area contributed by atoms with Gasteiger partial charge in [0, 0.05) is 0 Å². The number of thioether (sulfide) groups is 1. The van der Waals surface area contributed by atoms with Crippen LogP contribution in [0.4, 0.5) is 0 Å². The second-order valence-corrected chi connectivity index (χ2v) is 6.46. The minimum atomic E-state index is -0.387. The van der Waals surface area contributed by atoms with Crippen molar-refractivity contribution < 1.29 is 0 Å². The van der Waals surface area contributed by atoms with Crippen molar-refractivity contribution in [2.75, 3.05) is 11.5 Å². The molecule has 0 aromatic heterocycles. The minimum absolute atomic E-state index is 0.387. The minimum Gasteiger partial charge on any atom is -0.162 e. The van der Waals surface area contributed by atoms with Crippen molar-refractivity contribution in [1.82, 2.24) is 0 Å². The van der Waals surface area contributed by atoms with Crippen molar-refractivity contribution in [3.63, 3.8) is 0 Å². The molecule has 0 rings (SSSR count). The lowest BCUT2D eigenvalue weighted by molar-refractivity contribution is 1.04. The Hall–Kier alpha value is 1.40. The Morgan fingerprint density at radius 1 is 1.33 bits per heavy atom. The molecule has 0 aliphatic rings. The van der Waals surface area contributed by atoms with Crippen molar-refractivity contribution in [2.45, 2.75) is 16.8 Å². The van der Waals surface area contributed by atoms with Crippen LogP contribution >= 0.6 is 49.6 Å². The van der Waals surface area contributed by atoms with Crippen LogP contribution in [0.2, 0.25) is 0 Å². The van der Waals surface area contributed by atoms with Gasteiger partial charge < -0.3 is 0 Å². The van der Waals surface area contributed by atoms with Crippen molar-refractivity contribution in [2.24, 2.45) is 0 Å². The molecule has 0 aromatic carbocycles. The van der Waals surface area contributed by atoms with Crippen molar-refractivity contribution in [3.05, 3.63) is 0 Å². The Bertz CT molecular complexity index is 65.8. The van der Waals surface area contributed by atoms with Crippen LogP contribution in [0.3, 0.4) is 0 Å². The molecular formula is C5H12S4. The van der Waals surface area contributed by atoms with Gasteiger partial charge in [0.2, 0.25) is 0 Å². The fraction of sp³-hybridized carbons (Fsp3) is 1.00. The predicted molar refractivity (Wildman–Crippen MR) is 57.3 cm³/mol. The molecule has 0 amide bonds. The lowest BCUT2D eigenvalue weighted by atomic mass is 10.5. The maximum Gasteiger partial charge on any atom is 0.0988 e. The fourth-order valence-electron chi connectivity index (χ4n) is 0.353. The molecule has 0 aliphatic carbocycles. The largest absolute Gasteiger partial charge is 0.162 e. The molecule has 0 N–H and O–H groups in total. The van der Waals surface area contributed by atoms with Crippen LogP contribution in [-0.2, 0) is 0 Å². The molecule has 0 atom stereocenters. The second kappa shape index (κ2) is 5.10. The smallest absolute Gasteiger partial charge is 0.0988 e. The quantitative estimate of drug-likeness (QED) is 0.356. The van der Waals surface area contributed by atoms with Gasteiger partial charge in [-0.2, -0.15) is 49.6 Å². The number of rotatable bonds is 4. The molecule has 0 nitrogen and oxygen atoms in total. The fourth-order valence-corrected chi connectivity index (χ4v) is 1.88. The van der Waals surface area contributed by atoms with E-state index in [4.69, 9.17) is 0 Å². The van der Waals surface area contributed by atoms with Gasteiger partial charge in [-0.25, -0.2) is 0 Å². The van der Waals surface area contributed by atoms with E-state index in [9.17, 15) is 0 Å². The van der Waals surface area contributed by atoms with Crippen LogP contribution in [-0.4, -0.2) is 14.9 Å². The molecule has 0 radical (unpaired) electrons. The first-order valence-electron chi connectivity index (χ1n) is 2.81. The molecule has 0 aromatic rings. The summed E-state index contributed by atoms with van der Waals surface area (Å²) in [5.41, 5.74) is 0. The molecule has 0 unspecified atom stereocenters. The van der Waals surface area contributed by atoms with Gasteiger partial charge in [0.05, 0.1) is 3.41 Å². The predicted octanol–water partition coefficient (Wildman–Crippen LogP) is 2.57. The average Bonchev–Trinajstić information content (AvgIpc) is 1.63. The molecule has 0 aliphatic heterocycles. The third-order valence-electron chi connectivity index (χ3n) is 0.786. The van der Waals surface area contributed by atoms with Crippen molar-refractivity contribution in [1.29, 1.82) is 0 Å². The highest BCUT2D eigenvalue weighted by Gasteiger charge is 2.11. The normalized spacial score (nSPS) is 12.0. The van der Waals surface area contributed by atoms with E-state index in [1.807, 2.05) is 11.8 Å². The first-order valence-corrected chi connectivity index (χ1v) is 5.31. The first kappa shape index (κ1) is 10.4. The second-order valence-electron chi connectivity index (χ2n) is 1.72. The highest BCUT2D eigenvalue weighted by molar-refractivity contribution is 8.17. The van der Waals surface area contributed by atoms with Crippen molar-refractivity contribution in [3.8, 4) is 0 Å². The molecule has 0 heterocycles. The molecule has 4 heteroatoms. The van der Waals surface area contributed by atoms with Crippen LogP contribution in [0.1, 0.15) is 13.3 Å². The third kappa shape index (κ3) is 9.40. The summed E-state index contributed by atoms with van der Waals surface area (Å²) in [7, 11) is 0. The monoisotopic (exact) mass is 200 g/mol. The first-order chi connectivity index (χ1) is 4.06. The Balaban J connectivity index is 3.07. The van der Waals surface area contributed by atoms with E-state index in [2.05, 4.69) is 44.8 Å². The van der Waals surface area contributed by atoms with E-state index in [0.717, 1.165) is 17.9 Å². The maximum atomic E-state index is 4.14. The summed E-state index contributed by atoms with van der Waals surface area (Å²) in [6, 6.07) is 0.